The van der Waals surface area contributed by atoms with E-state index in [9.17, 15) is 0 Å². The van der Waals surface area contributed by atoms with Crippen molar-refractivity contribution in [3.63, 3.8) is 0 Å². The van der Waals surface area contributed by atoms with E-state index in [0.29, 0.717) is 6.10 Å². The number of hydrogen-bond acceptors (Lipinski definition) is 2. The zero-order chi connectivity index (χ0) is 15.9. The van der Waals surface area contributed by atoms with Crippen molar-refractivity contribution in [1.82, 2.24) is 5.32 Å². The summed E-state index contributed by atoms with van der Waals surface area (Å²) in [6.45, 7) is 8.22. The normalized spacial score (nSPS) is 32.3. The van der Waals surface area contributed by atoms with Crippen LogP contribution in [0.25, 0.3) is 0 Å². The first-order chi connectivity index (χ1) is 10.6. The van der Waals surface area contributed by atoms with E-state index in [2.05, 4.69) is 26.1 Å². The molecule has 5 atom stereocenters. The summed E-state index contributed by atoms with van der Waals surface area (Å²) in [6, 6.07) is 0.827. The van der Waals surface area contributed by atoms with Crippen LogP contribution in [-0.2, 0) is 4.74 Å². The first-order valence-electron chi connectivity index (χ1n) is 9.88. The molecule has 0 bridgehead atoms. The Morgan fingerprint density at radius 1 is 1.05 bits per heavy atom. The summed E-state index contributed by atoms with van der Waals surface area (Å²) < 4.78 is 5.67. The van der Waals surface area contributed by atoms with Gasteiger partial charge in [0.25, 0.3) is 0 Å². The van der Waals surface area contributed by atoms with Gasteiger partial charge in [0.2, 0.25) is 0 Å². The number of ether oxygens (including phenoxy) is 1. The molecule has 1 heterocycles. The molecule has 0 aromatic carbocycles. The van der Waals surface area contributed by atoms with E-state index in [0.717, 1.165) is 29.7 Å². The van der Waals surface area contributed by atoms with Gasteiger partial charge in [0.15, 0.2) is 0 Å². The van der Waals surface area contributed by atoms with E-state index in [-0.39, 0.29) is 0 Å². The summed E-state index contributed by atoms with van der Waals surface area (Å²) in [5.41, 5.74) is 0. The van der Waals surface area contributed by atoms with Gasteiger partial charge in [-0.3, -0.25) is 0 Å². The predicted octanol–water partition coefficient (Wildman–Crippen LogP) is 5.02. The molecule has 0 spiro atoms. The Bertz CT molecular complexity index is 298. The van der Waals surface area contributed by atoms with Gasteiger partial charge in [-0.25, -0.2) is 0 Å². The molecule has 1 N–H and O–H groups in total. The van der Waals surface area contributed by atoms with Crippen molar-refractivity contribution in [3.05, 3.63) is 0 Å². The molecule has 0 amide bonds. The van der Waals surface area contributed by atoms with Crippen LogP contribution >= 0.6 is 0 Å². The van der Waals surface area contributed by atoms with Gasteiger partial charge in [0.05, 0.1) is 6.10 Å². The lowest BCUT2D eigenvalue weighted by Crippen LogP contribution is -2.37. The van der Waals surface area contributed by atoms with Crippen molar-refractivity contribution >= 4 is 0 Å². The van der Waals surface area contributed by atoms with Gasteiger partial charge < -0.3 is 10.1 Å². The first kappa shape index (κ1) is 18.3. The zero-order valence-corrected chi connectivity index (χ0v) is 15.4. The minimum atomic E-state index is 0.411. The van der Waals surface area contributed by atoms with Crippen molar-refractivity contribution in [3.8, 4) is 0 Å². The SMILES string of the molecule is COC(C)C(CC[C@H]1CCCCC1C1CCCN1)CC(C)C. The van der Waals surface area contributed by atoms with Crippen molar-refractivity contribution in [2.45, 2.75) is 90.7 Å². The lowest BCUT2D eigenvalue weighted by molar-refractivity contribution is 0.0469. The highest BCUT2D eigenvalue weighted by molar-refractivity contribution is 4.88. The second-order valence-electron chi connectivity index (χ2n) is 8.32. The lowest BCUT2D eigenvalue weighted by atomic mass is 9.71. The fourth-order valence-electron chi connectivity index (χ4n) is 4.97. The summed E-state index contributed by atoms with van der Waals surface area (Å²) in [4.78, 5) is 0. The molecule has 2 heteroatoms. The monoisotopic (exact) mass is 309 g/mol. The van der Waals surface area contributed by atoms with Crippen LogP contribution in [0, 0.1) is 23.7 Å². The predicted molar refractivity (Wildman–Crippen MR) is 95.1 cm³/mol. The van der Waals surface area contributed by atoms with Gasteiger partial charge in [0.1, 0.15) is 0 Å². The zero-order valence-electron chi connectivity index (χ0n) is 15.4. The van der Waals surface area contributed by atoms with Crippen LogP contribution in [0.15, 0.2) is 0 Å². The molecule has 130 valence electrons. The van der Waals surface area contributed by atoms with Gasteiger partial charge in [-0.1, -0.05) is 33.1 Å². The molecule has 0 aromatic heterocycles. The molecule has 4 unspecified atom stereocenters. The topological polar surface area (TPSA) is 21.3 Å². The van der Waals surface area contributed by atoms with Crippen LogP contribution < -0.4 is 5.32 Å². The molecule has 2 fully saturated rings. The average Bonchev–Trinajstić information content (AvgIpc) is 3.04. The molecular formula is C20H39NO. The average molecular weight is 310 g/mol. The van der Waals surface area contributed by atoms with Gasteiger partial charge in [0, 0.05) is 13.2 Å². The Balaban J connectivity index is 1.87. The molecule has 0 radical (unpaired) electrons. The molecule has 1 saturated carbocycles. The van der Waals surface area contributed by atoms with E-state index in [1.54, 1.807) is 0 Å². The Morgan fingerprint density at radius 3 is 2.45 bits per heavy atom. The minimum Gasteiger partial charge on any atom is -0.381 e. The summed E-state index contributed by atoms with van der Waals surface area (Å²) in [5, 5.41) is 3.79. The molecule has 2 rings (SSSR count). The van der Waals surface area contributed by atoms with Crippen LogP contribution in [-0.4, -0.2) is 25.8 Å². The largest absolute Gasteiger partial charge is 0.381 e. The Labute approximate surface area is 138 Å². The molecule has 22 heavy (non-hydrogen) atoms. The Hall–Kier alpha value is -0.0800. The smallest absolute Gasteiger partial charge is 0.0571 e. The summed E-state index contributed by atoms with van der Waals surface area (Å²) in [7, 11) is 1.88. The number of rotatable bonds is 8. The van der Waals surface area contributed by atoms with E-state index in [1.165, 1.54) is 64.3 Å². The number of nitrogens with one attached hydrogen (secondary N) is 1. The highest BCUT2D eigenvalue weighted by Gasteiger charge is 2.33. The van der Waals surface area contributed by atoms with Crippen LogP contribution in [0.5, 0.6) is 0 Å². The maximum absolute atomic E-state index is 5.67. The summed E-state index contributed by atoms with van der Waals surface area (Å²) >= 11 is 0. The molecule has 1 saturated heterocycles. The van der Waals surface area contributed by atoms with Gasteiger partial charge in [-0.2, -0.15) is 0 Å². The maximum atomic E-state index is 5.67. The van der Waals surface area contributed by atoms with Gasteiger partial charge in [-0.15, -0.1) is 0 Å². The van der Waals surface area contributed by atoms with Crippen molar-refractivity contribution in [2.24, 2.45) is 23.7 Å². The van der Waals surface area contributed by atoms with Gasteiger partial charge >= 0.3 is 0 Å². The fraction of sp³-hybridized carbons (Fsp3) is 1.00. The third-order valence-corrected chi connectivity index (χ3v) is 6.30. The fourth-order valence-corrected chi connectivity index (χ4v) is 4.97. The quantitative estimate of drug-likeness (QED) is 0.679. The Morgan fingerprint density at radius 2 is 1.82 bits per heavy atom. The highest BCUT2D eigenvalue weighted by Crippen LogP contribution is 2.39. The number of hydrogen-bond donors (Lipinski definition) is 1. The van der Waals surface area contributed by atoms with Crippen molar-refractivity contribution in [2.75, 3.05) is 13.7 Å². The minimum absolute atomic E-state index is 0.411. The first-order valence-corrected chi connectivity index (χ1v) is 9.88. The third-order valence-electron chi connectivity index (χ3n) is 6.30. The second kappa shape index (κ2) is 9.27. The molecule has 1 aliphatic carbocycles. The second-order valence-corrected chi connectivity index (χ2v) is 8.32. The lowest BCUT2D eigenvalue weighted by Gasteiger charge is -2.37. The molecular weight excluding hydrogens is 270 g/mol. The van der Waals surface area contributed by atoms with Crippen molar-refractivity contribution in [1.29, 1.82) is 0 Å². The van der Waals surface area contributed by atoms with E-state index >= 15 is 0 Å². The highest BCUT2D eigenvalue weighted by atomic mass is 16.5. The molecule has 2 aliphatic rings. The molecule has 2 nitrogen and oxygen atoms in total. The summed E-state index contributed by atoms with van der Waals surface area (Å²) in [5.74, 6) is 3.43. The van der Waals surface area contributed by atoms with Crippen LogP contribution in [0.1, 0.15) is 78.6 Å². The maximum Gasteiger partial charge on any atom is 0.0571 e. The van der Waals surface area contributed by atoms with E-state index in [1.807, 2.05) is 7.11 Å². The van der Waals surface area contributed by atoms with Crippen LogP contribution in [0.3, 0.4) is 0 Å². The molecule has 0 aromatic rings. The van der Waals surface area contributed by atoms with E-state index in [4.69, 9.17) is 4.74 Å². The Kier molecular flexibility index (Phi) is 7.70. The standard InChI is InChI=1S/C20H39NO/c1-15(2)14-18(16(3)22-4)12-11-17-8-5-6-9-19(17)20-10-7-13-21-20/h15-21H,5-14H2,1-4H3/t16?,17-,18?,19?,20?/m1/s1. The molecule has 1 aliphatic heterocycles. The van der Waals surface area contributed by atoms with Crippen LogP contribution in [0.4, 0.5) is 0 Å². The van der Waals surface area contributed by atoms with Crippen molar-refractivity contribution < 1.29 is 4.74 Å². The third kappa shape index (κ3) is 5.23. The van der Waals surface area contributed by atoms with E-state index < -0.39 is 0 Å². The number of methoxy groups -OCH3 is 1. The van der Waals surface area contributed by atoms with Crippen LogP contribution in [0.2, 0.25) is 0 Å². The summed E-state index contributed by atoms with van der Waals surface area (Å²) in [6.07, 6.45) is 13.2. The van der Waals surface area contributed by atoms with Gasteiger partial charge in [-0.05, 0) is 75.7 Å².